The molecule has 6 nitrogen and oxygen atoms in total. The van der Waals surface area contributed by atoms with E-state index in [4.69, 9.17) is 31.2 Å². The first-order chi connectivity index (χ1) is 21.6. The van der Waals surface area contributed by atoms with Gasteiger partial charge in [0.2, 0.25) is 0 Å². The minimum absolute atomic E-state index is 0.269. The molecule has 0 radical (unpaired) electrons. The number of rotatable bonds is 8. The largest absolute Gasteiger partial charge is 0.464 e. The van der Waals surface area contributed by atoms with E-state index in [1.165, 1.54) is 48.7 Å². The van der Waals surface area contributed by atoms with E-state index in [0.717, 1.165) is 49.6 Å². The number of nitrogens with zero attached hydrogens (tertiary/aromatic N) is 3. The van der Waals surface area contributed by atoms with Gasteiger partial charge in [-0.3, -0.25) is 4.68 Å². The SMILES string of the molecule is CCOC(=O)[C@@H](OC(C)(C)C)c1c(C)cc2nc(-c3ccc4c(c3)c(C3CCCCC3)nn4CC)sc2c1-c1ccc(Cl)cc1. The number of esters is 1. The van der Waals surface area contributed by atoms with Crippen LogP contribution in [0.2, 0.25) is 5.02 Å². The van der Waals surface area contributed by atoms with E-state index in [9.17, 15) is 4.79 Å². The van der Waals surface area contributed by atoms with Crippen molar-refractivity contribution in [2.24, 2.45) is 0 Å². The molecule has 0 amide bonds. The number of hydrogen-bond donors (Lipinski definition) is 0. The Morgan fingerprint density at radius 3 is 2.42 bits per heavy atom. The highest BCUT2D eigenvalue weighted by molar-refractivity contribution is 7.22. The van der Waals surface area contributed by atoms with Gasteiger partial charge in [-0.25, -0.2) is 9.78 Å². The summed E-state index contributed by atoms with van der Waals surface area (Å²) in [7, 11) is 0. The fourth-order valence-electron chi connectivity index (χ4n) is 6.63. The molecule has 1 fully saturated rings. The Balaban J connectivity index is 1.56. The van der Waals surface area contributed by atoms with Gasteiger partial charge in [-0.05, 0) is 102 Å². The summed E-state index contributed by atoms with van der Waals surface area (Å²) in [6, 6.07) is 16.5. The third-order valence-corrected chi connectivity index (χ3v) is 10.0. The van der Waals surface area contributed by atoms with Gasteiger partial charge in [0.25, 0.3) is 0 Å². The van der Waals surface area contributed by atoms with Gasteiger partial charge in [-0.15, -0.1) is 11.3 Å². The predicted octanol–water partition coefficient (Wildman–Crippen LogP) is 10.4. The van der Waals surface area contributed by atoms with Crippen LogP contribution in [0, 0.1) is 6.92 Å². The second-order valence-electron chi connectivity index (χ2n) is 13.0. The van der Waals surface area contributed by atoms with Crippen LogP contribution in [-0.4, -0.2) is 32.9 Å². The van der Waals surface area contributed by atoms with Gasteiger partial charge >= 0.3 is 5.97 Å². The number of hydrogen-bond acceptors (Lipinski definition) is 6. The quantitative estimate of drug-likeness (QED) is 0.157. The molecule has 2 aromatic heterocycles. The molecule has 0 aliphatic heterocycles. The van der Waals surface area contributed by atoms with Crippen LogP contribution in [0.15, 0.2) is 48.5 Å². The number of carbonyl (C=O) groups is 1. The molecule has 0 saturated heterocycles. The van der Waals surface area contributed by atoms with Crippen molar-refractivity contribution in [1.29, 1.82) is 0 Å². The van der Waals surface area contributed by atoms with Crippen LogP contribution >= 0.6 is 22.9 Å². The second-order valence-corrected chi connectivity index (χ2v) is 14.4. The molecule has 1 atom stereocenters. The first-order valence-corrected chi connectivity index (χ1v) is 17.3. The van der Waals surface area contributed by atoms with Crippen LogP contribution in [0.25, 0.3) is 42.8 Å². The van der Waals surface area contributed by atoms with E-state index < -0.39 is 17.7 Å². The molecule has 8 heteroatoms. The van der Waals surface area contributed by atoms with Crippen molar-refractivity contribution in [1.82, 2.24) is 14.8 Å². The number of ether oxygens (including phenoxy) is 2. The zero-order valence-electron chi connectivity index (χ0n) is 27.1. The molecular weight excluding hydrogens is 602 g/mol. The molecule has 0 bridgehead atoms. The lowest BCUT2D eigenvalue weighted by atomic mass is 9.86. The number of thiazole rings is 1. The van der Waals surface area contributed by atoms with Crippen LogP contribution in [-0.2, 0) is 20.8 Å². The lowest BCUT2D eigenvalue weighted by Gasteiger charge is -2.29. The zero-order valence-corrected chi connectivity index (χ0v) is 28.6. The summed E-state index contributed by atoms with van der Waals surface area (Å²) < 4.78 is 15.2. The topological polar surface area (TPSA) is 66.2 Å². The monoisotopic (exact) mass is 643 g/mol. The summed E-state index contributed by atoms with van der Waals surface area (Å²) in [6.45, 7) is 13.0. The fourth-order valence-corrected chi connectivity index (χ4v) is 7.87. The van der Waals surface area contributed by atoms with E-state index in [1.807, 2.05) is 58.9 Å². The molecule has 3 aromatic carbocycles. The fraction of sp³-hybridized carbons (Fsp3) is 0.432. The molecule has 1 aliphatic carbocycles. The summed E-state index contributed by atoms with van der Waals surface area (Å²) in [5.74, 6) is 0.104. The summed E-state index contributed by atoms with van der Waals surface area (Å²) in [4.78, 5) is 18.7. The van der Waals surface area contributed by atoms with Gasteiger partial charge in [0.1, 0.15) is 5.01 Å². The first-order valence-electron chi connectivity index (χ1n) is 16.1. The standard InChI is InChI=1S/C37H42ClN3O3S/c1-7-41-29-19-16-25(21-27(29)32(40-41)24-12-10-9-11-13-24)35-39-28-20-22(3)30(33(36(42)43-8-2)44-37(4,5)6)31(34(28)45-35)23-14-17-26(38)18-15-23/h14-21,24,33H,7-13H2,1-6H3/t33-/m0/s1. The Morgan fingerprint density at radius 1 is 1.04 bits per heavy atom. The van der Waals surface area contributed by atoms with Crippen LogP contribution in [0.4, 0.5) is 0 Å². The average Bonchev–Trinajstić information content (AvgIpc) is 3.61. The van der Waals surface area contributed by atoms with E-state index >= 15 is 0 Å². The van der Waals surface area contributed by atoms with E-state index in [2.05, 4.69) is 35.9 Å². The first kappa shape index (κ1) is 31.7. The molecule has 2 heterocycles. The molecule has 236 valence electrons. The van der Waals surface area contributed by atoms with Gasteiger partial charge in [-0.2, -0.15) is 5.10 Å². The number of fused-ring (bicyclic) bond motifs is 2. The second kappa shape index (κ2) is 12.9. The summed E-state index contributed by atoms with van der Waals surface area (Å²) in [5.41, 5.74) is 7.38. The number of aryl methyl sites for hydroxylation is 2. The van der Waals surface area contributed by atoms with Crippen molar-refractivity contribution in [3.8, 4) is 21.7 Å². The van der Waals surface area contributed by atoms with Crippen molar-refractivity contribution in [3.05, 3.63) is 70.4 Å². The van der Waals surface area contributed by atoms with Crippen molar-refractivity contribution < 1.29 is 14.3 Å². The highest BCUT2D eigenvalue weighted by Gasteiger charge is 2.33. The third kappa shape index (κ3) is 6.40. The Labute approximate surface area is 274 Å². The molecule has 0 unspecified atom stereocenters. The lowest BCUT2D eigenvalue weighted by Crippen LogP contribution is -2.29. The van der Waals surface area contributed by atoms with Gasteiger partial charge in [-0.1, -0.05) is 43.0 Å². The van der Waals surface area contributed by atoms with Crippen LogP contribution < -0.4 is 0 Å². The third-order valence-electron chi connectivity index (χ3n) is 8.61. The molecule has 5 aromatic rings. The summed E-state index contributed by atoms with van der Waals surface area (Å²) >= 11 is 7.97. The lowest BCUT2D eigenvalue weighted by molar-refractivity contribution is -0.166. The van der Waals surface area contributed by atoms with Crippen LogP contribution in [0.1, 0.15) is 95.6 Å². The molecule has 1 saturated carbocycles. The maximum Gasteiger partial charge on any atom is 0.339 e. The van der Waals surface area contributed by atoms with Gasteiger partial charge in [0.05, 0.1) is 33.6 Å². The maximum absolute atomic E-state index is 13.5. The van der Waals surface area contributed by atoms with Crippen LogP contribution in [0.3, 0.4) is 0 Å². The normalized spacial score (nSPS) is 15.2. The van der Waals surface area contributed by atoms with Crippen LogP contribution in [0.5, 0.6) is 0 Å². The maximum atomic E-state index is 13.5. The van der Waals surface area contributed by atoms with Crippen molar-refractivity contribution in [2.75, 3.05) is 6.61 Å². The Morgan fingerprint density at radius 2 is 1.76 bits per heavy atom. The van der Waals surface area contributed by atoms with Crippen molar-refractivity contribution in [3.63, 3.8) is 0 Å². The van der Waals surface area contributed by atoms with E-state index in [1.54, 1.807) is 11.3 Å². The molecule has 0 N–H and O–H groups in total. The number of aromatic nitrogens is 3. The predicted molar refractivity (Wildman–Crippen MR) is 185 cm³/mol. The summed E-state index contributed by atoms with van der Waals surface area (Å²) in [6.07, 6.45) is 5.35. The zero-order chi connectivity index (χ0) is 31.9. The number of carbonyl (C=O) groups excluding carboxylic acids is 1. The number of halogens is 1. The molecule has 1 aliphatic rings. The highest BCUT2D eigenvalue weighted by atomic mass is 35.5. The Bertz CT molecular complexity index is 1850. The smallest absolute Gasteiger partial charge is 0.339 e. The Kier molecular flexibility index (Phi) is 9.06. The Hall–Kier alpha value is -3.26. The molecule has 0 spiro atoms. The minimum Gasteiger partial charge on any atom is -0.464 e. The number of benzene rings is 3. The molecule has 6 rings (SSSR count). The van der Waals surface area contributed by atoms with Gasteiger partial charge < -0.3 is 9.47 Å². The highest BCUT2D eigenvalue weighted by Crippen LogP contribution is 2.45. The molecule has 45 heavy (non-hydrogen) atoms. The van der Waals surface area contributed by atoms with Crippen molar-refractivity contribution in [2.45, 2.75) is 97.8 Å². The minimum atomic E-state index is -0.903. The van der Waals surface area contributed by atoms with Crippen molar-refractivity contribution >= 4 is 50.0 Å². The van der Waals surface area contributed by atoms with E-state index in [-0.39, 0.29) is 6.61 Å². The van der Waals surface area contributed by atoms with E-state index in [0.29, 0.717) is 10.9 Å². The molecular formula is C37H42ClN3O3S. The van der Waals surface area contributed by atoms with Gasteiger partial charge in [0.15, 0.2) is 6.10 Å². The summed E-state index contributed by atoms with van der Waals surface area (Å²) in [5, 5.41) is 7.92. The average molecular weight is 644 g/mol. The van der Waals surface area contributed by atoms with Gasteiger partial charge in [0, 0.05) is 39.6 Å².